The lowest BCUT2D eigenvalue weighted by Gasteiger charge is -2.51. The number of anilines is 1. The molecule has 0 aromatic carbocycles. The van der Waals surface area contributed by atoms with Crippen LogP contribution in [0.25, 0.3) is 0 Å². The molecule has 2 unspecified atom stereocenters. The topological polar surface area (TPSA) is 47.0 Å². The summed E-state index contributed by atoms with van der Waals surface area (Å²) in [5, 5.41) is 3.79. The number of nitrogens with zero attached hydrogens (tertiary/aromatic N) is 2. The Balaban J connectivity index is 1.97. The first-order valence-electron chi connectivity index (χ1n) is 5.42. The van der Waals surface area contributed by atoms with Gasteiger partial charge in [-0.2, -0.15) is 8.75 Å². The van der Waals surface area contributed by atoms with Crippen molar-refractivity contribution >= 4 is 29.1 Å². The van der Waals surface area contributed by atoms with E-state index >= 15 is 0 Å². The number of aromatic nitrogens is 2. The van der Waals surface area contributed by atoms with Crippen LogP contribution in [-0.2, 0) is 4.74 Å². The Morgan fingerprint density at radius 2 is 2.31 bits per heavy atom. The van der Waals surface area contributed by atoms with Crippen LogP contribution in [0.4, 0.5) is 5.82 Å². The maximum Gasteiger partial charge on any atom is 0.186 e. The lowest BCUT2D eigenvalue weighted by atomic mass is 9.64. The van der Waals surface area contributed by atoms with Crippen molar-refractivity contribution in [2.45, 2.75) is 39.3 Å². The van der Waals surface area contributed by atoms with Crippen molar-refractivity contribution in [1.29, 1.82) is 0 Å². The van der Waals surface area contributed by atoms with Gasteiger partial charge in [0.2, 0.25) is 0 Å². The molecule has 90 valence electrons. The molecule has 1 heterocycles. The summed E-state index contributed by atoms with van der Waals surface area (Å²) in [5.74, 6) is 0.694. The minimum absolute atomic E-state index is 0.114. The van der Waals surface area contributed by atoms with Crippen molar-refractivity contribution in [2.24, 2.45) is 5.41 Å². The fourth-order valence-corrected chi connectivity index (χ4v) is 2.70. The molecule has 1 aromatic rings. The predicted octanol–water partition coefficient (Wildman–Crippen LogP) is 2.81. The summed E-state index contributed by atoms with van der Waals surface area (Å²) < 4.78 is 13.7. The van der Waals surface area contributed by atoms with E-state index in [2.05, 4.69) is 27.9 Å². The van der Waals surface area contributed by atoms with Crippen molar-refractivity contribution in [2.75, 3.05) is 11.9 Å². The number of hydrogen-bond donors (Lipinski definition) is 1. The fourth-order valence-electron chi connectivity index (χ4n) is 2.04. The molecule has 0 radical (unpaired) electrons. The molecule has 2 rings (SSSR count). The number of rotatable bonds is 4. The highest BCUT2D eigenvalue weighted by atomic mass is 35.5. The molecule has 1 N–H and O–H groups in total. The lowest BCUT2D eigenvalue weighted by molar-refractivity contribution is -0.0976. The van der Waals surface area contributed by atoms with Crippen LogP contribution in [0.5, 0.6) is 0 Å². The fraction of sp³-hybridized carbons (Fsp3) is 0.800. The van der Waals surface area contributed by atoms with E-state index in [0.29, 0.717) is 23.1 Å². The van der Waals surface area contributed by atoms with Gasteiger partial charge < -0.3 is 10.1 Å². The molecule has 4 nitrogen and oxygen atoms in total. The smallest absolute Gasteiger partial charge is 0.186 e. The predicted molar refractivity (Wildman–Crippen MR) is 66.1 cm³/mol. The van der Waals surface area contributed by atoms with Gasteiger partial charge in [0.1, 0.15) is 0 Å². The monoisotopic (exact) mass is 261 g/mol. The van der Waals surface area contributed by atoms with Gasteiger partial charge in [0.15, 0.2) is 11.0 Å². The maximum atomic E-state index is 5.90. The summed E-state index contributed by atoms with van der Waals surface area (Å²) in [6, 6.07) is 0.352. The van der Waals surface area contributed by atoms with Crippen LogP contribution in [-0.4, -0.2) is 27.5 Å². The largest absolute Gasteiger partial charge is 0.378 e. The van der Waals surface area contributed by atoms with Crippen LogP contribution in [0, 0.1) is 5.41 Å². The van der Waals surface area contributed by atoms with E-state index in [9.17, 15) is 0 Å². The van der Waals surface area contributed by atoms with Crippen LogP contribution in [0.3, 0.4) is 0 Å². The Bertz CT molecular complexity index is 369. The molecule has 0 aliphatic heterocycles. The second kappa shape index (κ2) is 4.47. The Morgan fingerprint density at radius 1 is 1.56 bits per heavy atom. The maximum absolute atomic E-state index is 5.90. The molecule has 0 spiro atoms. The van der Waals surface area contributed by atoms with Crippen LogP contribution >= 0.6 is 23.3 Å². The first-order valence-corrected chi connectivity index (χ1v) is 6.52. The van der Waals surface area contributed by atoms with Gasteiger partial charge in [-0.3, -0.25) is 0 Å². The van der Waals surface area contributed by atoms with E-state index in [-0.39, 0.29) is 5.41 Å². The normalized spacial score (nSPS) is 27.5. The van der Waals surface area contributed by atoms with Gasteiger partial charge in [-0.1, -0.05) is 25.4 Å². The van der Waals surface area contributed by atoms with Crippen molar-refractivity contribution in [3.05, 3.63) is 5.15 Å². The second-order valence-corrected chi connectivity index (χ2v) is 5.49. The number of ether oxygens (including phenoxy) is 1. The highest BCUT2D eigenvalue weighted by molar-refractivity contribution is 6.99. The summed E-state index contributed by atoms with van der Waals surface area (Å²) in [4.78, 5) is 0. The van der Waals surface area contributed by atoms with Gasteiger partial charge in [-0.15, -0.1) is 0 Å². The number of nitrogens with one attached hydrogen (secondary N) is 1. The zero-order valence-electron chi connectivity index (χ0n) is 9.66. The molecule has 1 aliphatic carbocycles. The molecule has 0 saturated heterocycles. The zero-order chi connectivity index (χ0) is 11.8. The molecular formula is C10H16ClN3OS. The molecular weight excluding hydrogens is 246 g/mol. The average molecular weight is 262 g/mol. The van der Waals surface area contributed by atoms with Crippen LogP contribution in [0.2, 0.25) is 5.15 Å². The second-order valence-electron chi connectivity index (χ2n) is 4.60. The summed E-state index contributed by atoms with van der Waals surface area (Å²) >= 11 is 7.03. The van der Waals surface area contributed by atoms with Gasteiger partial charge in [0, 0.05) is 18.1 Å². The summed E-state index contributed by atoms with van der Waals surface area (Å²) in [6.45, 7) is 7.18. The van der Waals surface area contributed by atoms with E-state index in [1.54, 1.807) is 0 Å². The van der Waals surface area contributed by atoms with Crippen LogP contribution < -0.4 is 5.32 Å². The summed E-state index contributed by atoms with van der Waals surface area (Å²) in [6.07, 6.45) is 1.31. The third-order valence-electron chi connectivity index (χ3n) is 3.31. The standard InChI is InChI=1S/C10H16ClN3OS/c1-4-15-7-5-6(10(7,2)3)12-9-8(11)13-16-14-9/h6-7H,4-5H2,1-3H3,(H,12,14). The Hall–Kier alpha value is -0.390. The van der Waals surface area contributed by atoms with Crippen molar-refractivity contribution < 1.29 is 4.74 Å². The first kappa shape index (κ1) is 12.1. The van der Waals surface area contributed by atoms with E-state index in [4.69, 9.17) is 16.3 Å². The van der Waals surface area contributed by atoms with Gasteiger partial charge in [-0.05, 0) is 13.3 Å². The number of hydrogen-bond acceptors (Lipinski definition) is 5. The van der Waals surface area contributed by atoms with Gasteiger partial charge in [-0.25, -0.2) is 0 Å². The van der Waals surface area contributed by atoms with Gasteiger partial charge in [0.05, 0.1) is 17.8 Å². The van der Waals surface area contributed by atoms with E-state index in [1.807, 2.05) is 6.92 Å². The number of halogens is 1. The molecule has 1 saturated carbocycles. The van der Waals surface area contributed by atoms with E-state index < -0.39 is 0 Å². The van der Waals surface area contributed by atoms with Crippen molar-refractivity contribution in [3.8, 4) is 0 Å². The Morgan fingerprint density at radius 3 is 2.81 bits per heavy atom. The van der Waals surface area contributed by atoms with Crippen molar-refractivity contribution in [3.63, 3.8) is 0 Å². The van der Waals surface area contributed by atoms with E-state index in [0.717, 1.165) is 24.8 Å². The highest BCUT2D eigenvalue weighted by Gasteiger charge is 2.49. The highest BCUT2D eigenvalue weighted by Crippen LogP contribution is 2.44. The molecule has 0 amide bonds. The van der Waals surface area contributed by atoms with E-state index in [1.165, 1.54) is 0 Å². The quantitative estimate of drug-likeness (QED) is 0.905. The SMILES string of the molecule is CCOC1CC(Nc2nsnc2Cl)C1(C)C. The van der Waals surface area contributed by atoms with Gasteiger partial charge in [0.25, 0.3) is 0 Å². The summed E-state index contributed by atoms with van der Waals surface area (Å²) in [5.41, 5.74) is 0.114. The van der Waals surface area contributed by atoms with Crippen molar-refractivity contribution in [1.82, 2.24) is 8.75 Å². The molecule has 1 aliphatic rings. The van der Waals surface area contributed by atoms with Crippen LogP contribution in [0.15, 0.2) is 0 Å². The zero-order valence-corrected chi connectivity index (χ0v) is 11.2. The Labute approximate surface area is 105 Å². The third kappa shape index (κ3) is 2.04. The molecule has 16 heavy (non-hydrogen) atoms. The average Bonchev–Trinajstić information content (AvgIpc) is 2.63. The first-order chi connectivity index (χ1) is 7.55. The minimum atomic E-state index is 0.114. The molecule has 0 bridgehead atoms. The summed E-state index contributed by atoms with van der Waals surface area (Å²) in [7, 11) is 0. The third-order valence-corrected chi connectivity index (χ3v) is 4.20. The molecule has 6 heteroatoms. The van der Waals surface area contributed by atoms with Crippen LogP contribution in [0.1, 0.15) is 27.2 Å². The Kier molecular flexibility index (Phi) is 3.37. The molecule has 2 atom stereocenters. The molecule has 1 fully saturated rings. The molecule has 1 aromatic heterocycles. The lowest BCUT2D eigenvalue weighted by Crippen LogP contribution is -2.58. The minimum Gasteiger partial charge on any atom is -0.378 e. The van der Waals surface area contributed by atoms with Gasteiger partial charge >= 0.3 is 0 Å².